The highest BCUT2D eigenvalue weighted by Gasteiger charge is 2.16. The smallest absolute Gasteiger partial charge is 0.306 e. The standard InChI is InChI=1S/C73H116O5/c1-3-5-7-9-11-13-15-17-19-21-23-25-27-29-30-31-32-33-34-35-36-37-38-39-40-41-42-44-46-48-50-52-54-56-58-60-62-64-66-68-73(76)78-71(69-74)70-77-72(75)67-65-63-61-59-57-55-53-51-49-47-45-43-28-26-24-22-20-18-16-14-12-10-8-6-4-2/h5-8,11-14,17-20,23-26,29-30,32-33,35-36,43,45,49,51,55,57,71,74H,3-4,9-10,15-16,21-22,27-28,31,34,37-42,44,46-48,50,52-54,56,58-70H2,1-2H3/b7-5-,8-6-,13-11-,14-12-,19-17-,20-18-,25-23-,26-24-,30-29-,33-32-,36-35-,45-43-,51-49-,57-55-. The number of carbonyl (C=O) groups is 2. The van der Waals surface area contributed by atoms with Crippen LogP contribution in [0.2, 0.25) is 0 Å². The van der Waals surface area contributed by atoms with Crippen LogP contribution in [-0.4, -0.2) is 36.4 Å². The van der Waals surface area contributed by atoms with E-state index in [1.165, 1.54) is 96.3 Å². The number of hydrogen-bond donors (Lipinski definition) is 1. The molecule has 0 aliphatic carbocycles. The van der Waals surface area contributed by atoms with Gasteiger partial charge in [0, 0.05) is 12.8 Å². The highest BCUT2D eigenvalue weighted by atomic mass is 16.6. The van der Waals surface area contributed by atoms with E-state index >= 15 is 0 Å². The highest BCUT2D eigenvalue weighted by Crippen LogP contribution is 2.16. The normalized spacial score (nSPS) is 13.4. The fourth-order valence-corrected chi connectivity index (χ4v) is 8.34. The molecule has 0 bridgehead atoms. The molecule has 0 aliphatic rings. The average Bonchev–Trinajstić information content (AvgIpc) is 3.44. The summed E-state index contributed by atoms with van der Waals surface area (Å²) >= 11 is 0. The number of aliphatic hydroxyl groups excluding tert-OH is 1. The summed E-state index contributed by atoms with van der Waals surface area (Å²) in [4.78, 5) is 24.6. The number of hydrogen-bond acceptors (Lipinski definition) is 5. The Bertz CT molecular complexity index is 1740. The lowest BCUT2D eigenvalue weighted by atomic mass is 10.0. The molecule has 0 amide bonds. The molecule has 1 N–H and O–H groups in total. The summed E-state index contributed by atoms with van der Waals surface area (Å²) in [5.41, 5.74) is 0. The lowest BCUT2D eigenvalue weighted by Crippen LogP contribution is -2.28. The minimum Gasteiger partial charge on any atom is -0.462 e. The molecule has 0 spiro atoms. The Balaban J connectivity index is 3.56. The first kappa shape index (κ1) is 73.3. The molecule has 78 heavy (non-hydrogen) atoms. The van der Waals surface area contributed by atoms with Gasteiger partial charge in [-0.25, -0.2) is 0 Å². The summed E-state index contributed by atoms with van der Waals surface area (Å²) in [7, 11) is 0. The summed E-state index contributed by atoms with van der Waals surface area (Å²) < 4.78 is 10.7. The topological polar surface area (TPSA) is 72.8 Å². The van der Waals surface area contributed by atoms with Gasteiger partial charge >= 0.3 is 11.9 Å². The first-order chi connectivity index (χ1) is 38.6. The molecule has 0 aromatic heterocycles. The lowest BCUT2D eigenvalue weighted by Gasteiger charge is -2.15. The molecule has 0 saturated heterocycles. The maximum Gasteiger partial charge on any atom is 0.306 e. The average molecular weight is 1070 g/mol. The second-order valence-corrected chi connectivity index (χ2v) is 20.4. The van der Waals surface area contributed by atoms with Crippen LogP contribution in [-0.2, 0) is 19.1 Å². The van der Waals surface area contributed by atoms with Crippen molar-refractivity contribution in [1.29, 1.82) is 0 Å². The number of rotatable bonds is 56. The molecule has 0 saturated carbocycles. The van der Waals surface area contributed by atoms with Crippen LogP contribution < -0.4 is 0 Å². The van der Waals surface area contributed by atoms with E-state index in [0.29, 0.717) is 12.8 Å². The van der Waals surface area contributed by atoms with Gasteiger partial charge in [-0.1, -0.05) is 287 Å². The maximum absolute atomic E-state index is 12.3. The van der Waals surface area contributed by atoms with E-state index < -0.39 is 6.10 Å². The predicted molar refractivity (Wildman–Crippen MR) is 343 cm³/mol. The van der Waals surface area contributed by atoms with E-state index in [1.54, 1.807) is 0 Å². The van der Waals surface area contributed by atoms with Crippen LogP contribution in [0.15, 0.2) is 170 Å². The Morgan fingerprint density at radius 2 is 0.513 bits per heavy atom. The first-order valence-corrected chi connectivity index (χ1v) is 31.7. The molecule has 0 heterocycles. The van der Waals surface area contributed by atoms with Gasteiger partial charge in [0.25, 0.3) is 0 Å². The third-order valence-corrected chi connectivity index (χ3v) is 13.0. The Labute approximate surface area is 481 Å². The van der Waals surface area contributed by atoms with E-state index in [9.17, 15) is 14.7 Å². The Morgan fingerprint density at radius 1 is 0.295 bits per heavy atom. The first-order valence-electron chi connectivity index (χ1n) is 31.7. The van der Waals surface area contributed by atoms with Crippen molar-refractivity contribution in [2.75, 3.05) is 13.2 Å². The van der Waals surface area contributed by atoms with Crippen molar-refractivity contribution in [3.63, 3.8) is 0 Å². The SMILES string of the molecule is CC/C=C\C/C=C\C/C=C\C/C=C\C/C=C\C/C=C\C/C=C\CCCCCCCCCCCCCCCCCCCC(=O)OC(CO)COC(=O)CCCCC/C=C\C/C=C\C/C=C\C/C=C\C/C=C\C/C=C\C/C=C\CC. The number of allylic oxidation sites excluding steroid dienone is 28. The highest BCUT2D eigenvalue weighted by molar-refractivity contribution is 5.70. The lowest BCUT2D eigenvalue weighted by molar-refractivity contribution is -0.161. The van der Waals surface area contributed by atoms with Gasteiger partial charge in [-0.3, -0.25) is 9.59 Å². The largest absolute Gasteiger partial charge is 0.462 e. The predicted octanol–water partition coefficient (Wildman–Crippen LogP) is 22.1. The minimum absolute atomic E-state index is 0.0921. The summed E-state index contributed by atoms with van der Waals surface area (Å²) in [6.45, 7) is 3.88. The molecule has 0 rings (SSSR count). The number of esters is 2. The van der Waals surface area contributed by atoms with E-state index in [2.05, 4.69) is 184 Å². The molecule has 0 radical (unpaired) electrons. The van der Waals surface area contributed by atoms with Crippen molar-refractivity contribution in [3.8, 4) is 0 Å². The van der Waals surface area contributed by atoms with Crippen LogP contribution in [0.3, 0.4) is 0 Å². The molecular formula is C73H116O5. The Kier molecular flexibility index (Phi) is 62.5. The second-order valence-electron chi connectivity index (χ2n) is 20.4. The van der Waals surface area contributed by atoms with E-state index in [1.807, 2.05) is 0 Å². The third kappa shape index (κ3) is 63.8. The van der Waals surface area contributed by atoms with Gasteiger partial charge < -0.3 is 14.6 Å². The van der Waals surface area contributed by atoms with Gasteiger partial charge in [0.15, 0.2) is 6.10 Å². The molecule has 5 nitrogen and oxygen atoms in total. The number of ether oxygens (including phenoxy) is 2. The van der Waals surface area contributed by atoms with Crippen molar-refractivity contribution in [2.45, 2.75) is 264 Å². The van der Waals surface area contributed by atoms with E-state index in [4.69, 9.17) is 9.47 Å². The summed E-state index contributed by atoms with van der Waals surface area (Å²) in [6, 6.07) is 0. The fourth-order valence-electron chi connectivity index (χ4n) is 8.34. The Morgan fingerprint density at radius 3 is 0.782 bits per heavy atom. The molecule has 5 heteroatoms. The Hall–Kier alpha value is -4.74. The minimum atomic E-state index is -0.799. The van der Waals surface area contributed by atoms with Crippen molar-refractivity contribution in [2.24, 2.45) is 0 Å². The number of aliphatic hydroxyl groups is 1. The molecule has 1 atom stereocenters. The quantitative estimate of drug-likeness (QED) is 0.0373. The van der Waals surface area contributed by atoms with Crippen molar-refractivity contribution in [1.82, 2.24) is 0 Å². The van der Waals surface area contributed by atoms with Crippen LogP contribution in [0.5, 0.6) is 0 Å². The van der Waals surface area contributed by atoms with Gasteiger partial charge in [-0.2, -0.15) is 0 Å². The van der Waals surface area contributed by atoms with E-state index in [-0.39, 0.29) is 25.2 Å². The zero-order valence-electron chi connectivity index (χ0n) is 50.1. The van der Waals surface area contributed by atoms with Crippen LogP contribution in [0, 0.1) is 0 Å². The molecule has 0 aromatic rings. The van der Waals surface area contributed by atoms with Gasteiger partial charge in [0.2, 0.25) is 0 Å². The van der Waals surface area contributed by atoms with E-state index in [0.717, 1.165) is 135 Å². The van der Waals surface area contributed by atoms with Gasteiger partial charge in [-0.15, -0.1) is 0 Å². The maximum atomic E-state index is 12.3. The molecule has 1 unspecified atom stereocenters. The number of unbranched alkanes of at least 4 members (excludes halogenated alkanes) is 20. The van der Waals surface area contributed by atoms with Crippen molar-refractivity contribution >= 4 is 11.9 Å². The van der Waals surface area contributed by atoms with Crippen LogP contribution >= 0.6 is 0 Å². The molecule has 0 aromatic carbocycles. The molecular weight excluding hydrogens is 957 g/mol. The van der Waals surface area contributed by atoms with Gasteiger partial charge in [-0.05, 0) is 128 Å². The summed E-state index contributed by atoms with van der Waals surface area (Å²) in [6.07, 6.45) is 103. The molecule has 438 valence electrons. The number of carbonyl (C=O) groups excluding carboxylic acids is 2. The second kappa shape index (κ2) is 66.5. The van der Waals surface area contributed by atoms with Crippen LogP contribution in [0.4, 0.5) is 0 Å². The third-order valence-electron chi connectivity index (χ3n) is 13.0. The fraction of sp³-hybridized carbons (Fsp3) is 0.589. The summed E-state index contributed by atoms with van der Waals surface area (Å²) in [5.74, 6) is -0.635. The van der Waals surface area contributed by atoms with Gasteiger partial charge in [0.1, 0.15) is 6.61 Å². The van der Waals surface area contributed by atoms with Crippen LogP contribution in [0.25, 0.3) is 0 Å². The van der Waals surface area contributed by atoms with Gasteiger partial charge in [0.05, 0.1) is 6.61 Å². The zero-order valence-corrected chi connectivity index (χ0v) is 50.1. The van der Waals surface area contributed by atoms with Crippen molar-refractivity contribution < 1.29 is 24.2 Å². The van der Waals surface area contributed by atoms with Crippen molar-refractivity contribution in [3.05, 3.63) is 170 Å². The summed E-state index contributed by atoms with van der Waals surface area (Å²) in [5, 5.41) is 9.68. The van der Waals surface area contributed by atoms with Crippen LogP contribution in [0.1, 0.15) is 258 Å². The molecule has 0 fully saturated rings. The monoisotopic (exact) mass is 1070 g/mol. The molecule has 0 aliphatic heterocycles. The zero-order chi connectivity index (χ0) is 56.2.